The van der Waals surface area contributed by atoms with E-state index in [9.17, 15) is 0 Å². The van der Waals surface area contributed by atoms with Crippen LogP contribution in [0.1, 0.15) is 64.7 Å². The van der Waals surface area contributed by atoms with Crippen molar-refractivity contribution in [1.82, 2.24) is 0 Å². The molecule has 4 atom stereocenters. The second-order valence-electron chi connectivity index (χ2n) is 9.18. The summed E-state index contributed by atoms with van der Waals surface area (Å²) in [5.74, 6) is 0.173. The summed E-state index contributed by atoms with van der Waals surface area (Å²) in [5.41, 5.74) is 3.15. The summed E-state index contributed by atoms with van der Waals surface area (Å²) < 4.78 is 19.6. The van der Waals surface area contributed by atoms with Crippen LogP contribution in [0.25, 0.3) is 0 Å². The van der Waals surface area contributed by atoms with Gasteiger partial charge in [0.1, 0.15) is 0 Å². The van der Waals surface area contributed by atoms with Crippen LogP contribution in [-0.2, 0) is 14.2 Å². The molecule has 3 spiro atoms. The van der Waals surface area contributed by atoms with Crippen molar-refractivity contribution in [3.8, 4) is 0 Å². The predicted molar refractivity (Wildman–Crippen MR) is 90.5 cm³/mol. The third-order valence-electron chi connectivity index (χ3n) is 8.42. The highest BCUT2D eigenvalue weighted by atomic mass is 16.7. The minimum absolute atomic E-state index is 0.0541. The fraction of sp³-hybridized carbons (Fsp3) is 0.810. The second kappa shape index (κ2) is 4.36. The second-order valence-corrected chi connectivity index (χ2v) is 9.18. The van der Waals surface area contributed by atoms with Gasteiger partial charge in [-0.2, -0.15) is 0 Å². The number of fused-ring (bicyclic) bond motifs is 2. The molecule has 3 aliphatic carbocycles. The first kappa shape index (κ1) is 14.5. The standard InChI is InChI=1S/C21H28O3/c1-18-8-5-16-14-15-4-2-3-7-19(15)10-11-20(16,24-19)17(18)6-9-21(18)22-12-13-23-21/h5,14,17H,2-4,6-13H2,1H3/t17-,18-,19-,20+/m0/s1. The summed E-state index contributed by atoms with van der Waals surface area (Å²) in [7, 11) is 0. The van der Waals surface area contributed by atoms with Gasteiger partial charge in [-0.25, -0.2) is 0 Å². The first-order valence-corrected chi connectivity index (χ1v) is 10.0. The maximum absolute atomic E-state index is 7.11. The molecule has 3 aliphatic heterocycles. The van der Waals surface area contributed by atoms with E-state index in [0.29, 0.717) is 5.92 Å². The number of allylic oxidation sites excluding steroid dienone is 1. The predicted octanol–water partition coefficient (Wildman–Crippen LogP) is 4.28. The lowest BCUT2D eigenvalue weighted by atomic mass is 9.59. The van der Waals surface area contributed by atoms with E-state index < -0.39 is 0 Å². The van der Waals surface area contributed by atoms with Crippen LogP contribution in [0, 0.1) is 11.3 Å². The van der Waals surface area contributed by atoms with Crippen molar-refractivity contribution in [3.63, 3.8) is 0 Å². The Bertz CT molecular complexity index is 658. The molecule has 0 aromatic carbocycles. The van der Waals surface area contributed by atoms with E-state index in [1.54, 1.807) is 5.57 Å². The van der Waals surface area contributed by atoms with Gasteiger partial charge in [0.15, 0.2) is 5.79 Å². The minimum atomic E-state index is -0.357. The molecular weight excluding hydrogens is 300 g/mol. The van der Waals surface area contributed by atoms with Gasteiger partial charge in [-0.15, -0.1) is 0 Å². The molecule has 0 amide bonds. The summed E-state index contributed by atoms with van der Waals surface area (Å²) >= 11 is 0. The quantitative estimate of drug-likeness (QED) is 0.664. The van der Waals surface area contributed by atoms with Gasteiger partial charge in [0, 0.05) is 17.8 Å². The molecular formula is C21H28O3. The Balaban J connectivity index is 1.49. The van der Waals surface area contributed by atoms with Crippen molar-refractivity contribution >= 4 is 0 Å². The van der Waals surface area contributed by atoms with Gasteiger partial charge in [0.05, 0.1) is 24.4 Å². The summed E-state index contributed by atoms with van der Waals surface area (Å²) in [4.78, 5) is 0. The van der Waals surface area contributed by atoms with Gasteiger partial charge in [-0.3, -0.25) is 0 Å². The fourth-order valence-electron chi connectivity index (χ4n) is 7.25. The Morgan fingerprint density at radius 2 is 1.92 bits per heavy atom. The van der Waals surface area contributed by atoms with Crippen molar-refractivity contribution in [3.05, 3.63) is 23.3 Å². The average Bonchev–Trinajstić information content (AvgIpc) is 3.26. The summed E-state index contributed by atoms with van der Waals surface area (Å²) in [6, 6.07) is 0. The third-order valence-corrected chi connectivity index (χ3v) is 8.42. The summed E-state index contributed by atoms with van der Waals surface area (Å²) in [6.07, 6.45) is 15.8. The van der Waals surface area contributed by atoms with Crippen LogP contribution in [0.4, 0.5) is 0 Å². The number of rotatable bonds is 0. The Morgan fingerprint density at radius 3 is 2.79 bits per heavy atom. The lowest BCUT2D eigenvalue weighted by molar-refractivity contribution is -0.243. The molecule has 130 valence electrons. The van der Waals surface area contributed by atoms with E-state index in [1.807, 2.05) is 0 Å². The molecule has 3 heteroatoms. The molecule has 6 rings (SSSR count). The van der Waals surface area contributed by atoms with Gasteiger partial charge in [0.25, 0.3) is 0 Å². The van der Waals surface area contributed by atoms with Crippen LogP contribution in [0.15, 0.2) is 23.3 Å². The van der Waals surface area contributed by atoms with Crippen LogP contribution in [0.2, 0.25) is 0 Å². The minimum Gasteiger partial charge on any atom is -0.359 e. The van der Waals surface area contributed by atoms with Crippen LogP contribution in [0.3, 0.4) is 0 Å². The molecule has 0 aromatic rings. The van der Waals surface area contributed by atoms with Gasteiger partial charge >= 0.3 is 0 Å². The van der Waals surface area contributed by atoms with Gasteiger partial charge < -0.3 is 14.2 Å². The SMILES string of the molecule is C[C@]12CC=C3C=C4CCCC[C@]45CC[C@]3(O5)[C@H]1CCC21OCCO1. The maximum atomic E-state index is 7.11. The molecule has 0 radical (unpaired) electrons. The highest BCUT2D eigenvalue weighted by Gasteiger charge is 2.71. The maximum Gasteiger partial charge on any atom is 0.174 e. The Morgan fingerprint density at radius 1 is 1.04 bits per heavy atom. The zero-order chi connectivity index (χ0) is 16.0. The highest BCUT2D eigenvalue weighted by molar-refractivity contribution is 5.47. The molecule has 2 saturated heterocycles. The van der Waals surface area contributed by atoms with Gasteiger partial charge in [0.2, 0.25) is 0 Å². The number of hydrogen-bond acceptors (Lipinski definition) is 3. The van der Waals surface area contributed by atoms with E-state index >= 15 is 0 Å². The Hall–Kier alpha value is -0.640. The number of ether oxygens (including phenoxy) is 3. The average molecular weight is 328 g/mol. The molecule has 0 aromatic heterocycles. The third kappa shape index (κ3) is 1.44. The van der Waals surface area contributed by atoms with Crippen LogP contribution >= 0.6 is 0 Å². The fourth-order valence-corrected chi connectivity index (χ4v) is 7.25. The topological polar surface area (TPSA) is 27.7 Å². The summed E-state index contributed by atoms with van der Waals surface area (Å²) in [5, 5.41) is 0. The first-order chi connectivity index (χ1) is 11.6. The lowest BCUT2D eigenvalue weighted by Gasteiger charge is -2.54. The van der Waals surface area contributed by atoms with Gasteiger partial charge in [-0.05, 0) is 62.5 Å². The molecule has 3 heterocycles. The van der Waals surface area contributed by atoms with Crippen molar-refractivity contribution < 1.29 is 14.2 Å². The normalized spacial score (nSPS) is 51.0. The van der Waals surface area contributed by atoms with Crippen LogP contribution < -0.4 is 0 Å². The van der Waals surface area contributed by atoms with Crippen molar-refractivity contribution in [2.24, 2.45) is 11.3 Å². The van der Waals surface area contributed by atoms with E-state index in [0.717, 1.165) is 26.1 Å². The number of hydrogen-bond donors (Lipinski definition) is 0. The molecule has 2 bridgehead atoms. The molecule has 24 heavy (non-hydrogen) atoms. The molecule has 2 saturated carbocycles. The molecule has 0 unspecified atom stereocenters. The largest absolute Gasteiger partial charge is 0.359 e. The van der Waals surface area contributed by atoms with Crippen LogP contribution in [-0.4, -0.2) is 30.2 Å². The Labute approximate surface area is 144 Å². The molecule has 3 nitrogen and oxygen atoms in total. The van der Waals surface area contributed by atoms with Gasteiger partial charge in [-0.1, -0.05) is 19.1 Å². The van der Waals surface area contributed by atoms with E-state index in [4.69, 9.17) is 14.2 Å². The summed E-state index contributed by atoms with van der Waals surface area (Å²) in [6.45, 7) is 3.91. The first-order valence-electron chi connectivity index (χ1n) is 10.0. The van der Waals surface area contributed by atoms with Crippen molar-refractivity contribution in [2.75, 3.05) is 13.2 Å². The lowest BCUT2D eigenvalue weighted by Crippen LogP contribution is -2.57. The zero-order valence-corrected chi connectivity index (χ0v) is 14.7. The molecule has 6 aliphatic rings. The smallest absolute Gasteiger partial charge is 0.174 e. The zero-order valence-electron chi connectivity index (χ0n) is 14.7. The monoisotopic (exact) mass is 328 g/mol. The molecule has 4 fully saturated rings. The van der Waals surface area contributed by atoms with E-state index in [-0.39, 0.29) is 22.4 Å². The van der Waals surface area contributed by atoms with E-state index in [1.165, 1.54) is 50.5 Å². The van der Waals surface area contributed by atoms with E-state index in [2.05, 4.69) is 19.1 Å². The molecule has 0 N–H and O–H groups in total. The Kier molecular flexibility index (Phi) is 2.64. The highest BCUT2D eigenvalue weighted by Crippen LogP contribution is 2.69. The van der Waals surface area contributed by atoms with Crippen molar-refractivity contribution in [2.45, 2.75) is 81.7 Å². The van der Waals surface area contributed by atoms with Crippen LogP contribution in [0.5, 0.6) is 0 Å². The van der Waals surface area contributed by atoms with Crippen molar-refractivity contribution in [1.29, 1.82) is 0 Å².